The molecule has 0 aliphatic carbocycles. The third-order valence-electron chi connectivity index (χ3n) is 5.52. The van der Waals surface area contributed by atoms with Crippen molar-refractivity contribution < 1.29 is 9.53 Å². The minimum Gasteiger partial charge on any atom is -0.382 e. The molecule has 0 unspecified atom stereocenters. The van der Waals surface area contributed by atoms with E-state index in [0.717, 1.165) is 51.9 Å². The molecule has 0 bridgehead atoms. The normalized spacial score (nSPS) is 13.5. The highest BCUT2D eigenvalue weighted by atomic mass is 16.5. The Kier molecular flexibility index (Phi) is 5.64. The Morgan fingerprint density at radius 2 is 1.74 bits per heavy atom. The standard InChI is InChI=1S/C22H22N6O.CH2O/c1-27-11-16(8-26-27)14-3-5-15(6-4-14)20-10-25-22(23)21-19(20)7-17(9-24-21)28-12-18(13-28)29-2;1-2/h3-11,18H,12-13H2,1-2H3,(H2,23,25);1H2. The molecule has 0 amide bonds. The van der Waals surface area contributed by atoms with E-state index >= 15 is 0 Å². The molecule has 8 heteroatoms. The summed E-state index contributed by atoms with van der Waals surface area (Å²) in [6.45, 7) is 3.75. The minimum atomic E-state index is 0.285. The Balaban J connectivity index is 0.00000112. The number of methoxy groups -OCH3 is 1. The maximum absolute atomic E-state index is 8.00. The number of carbonyl (C=O) groups excluding carboxylic acids is 1. The molecule has 1 aliphatic heterocycles. The van der Waals surface area contributed by atoms with Crippen LogP contribution in [-0.4, -0.2) is 52.8 Å². The molecule has 1 fully saturated rings. The van der Waals surface area contributed by atoms with Crippen molar-refractivity contribution in [3.63, 3.8) is 0 Å². The third-order valence-corrected chi connectivity index (χ3v) is 5.52. The van der Waals surface area contributed by atoms with Gasteiger partial charge in [0.25, 0.3) is 0 Å². The van der Waals surface area contributed by atoms with Gasteiger partial charge in [-0.05, 0) is 17.2 Å². The molecule has 158 valence electrons. The summed E-state index contributed by atoms with van der Waals surface area (Å²) in [6.07, 6.45) is 7.85. The van der Waals surface area contributed by atoms with Crippen molar-refractivity contribution in [2.24, 2.45) is 7.05 Å². The van der Waals surface area contributed by atoms with E-state index in [1.807, 2.05) is 38.6 Å². The summed E-state index contributed by atoms with van der Waals surface area (Å²) in [5.74, 6) is 0.445. The quantitative estimate of drug-likeness (QED) is 0.546. The van der Waals surface area contributed by atoms with E-state index in [1.165, 1.54) is 0 Å². The number of carbonyl (C=O) groups is 1. The Hall–Kier alpha value is -3.78. The number of hydrogen-bond acceptors (Lipinski definition) is 7. The molecule has 1 aromatic carbocycles. The number of nitrogen functional groups attached to an aromatic ring is 1. The van der Waals surface area contributed by atoms with E-state index in [9.17, 15) is 0 Å². The molecule has 4 aromatic rings. The SMILES string of the molecule is C=O.COC1CN(c2cnc3c(N)ncc(-c4ccc(-c5cnn(C)c5)cc4)c3c2)C1. The van der Waals surface area contributed by atoms with Gasteiger partial charge in [-0.2, -0.15) is 5.10 Å². The van der Waals surface area contributed by atoms with Gasteiger partial charge in [0.1, 0.15) is 18.1 Å². The Labute approximate surface area is 180 Å². The van der Waals surface area contributed by atoms with Gasteiger partial charge in [0.2, 0.25) is 0 Å². The number of rotatable bonds is 4. The first-order valence-corrected chi connectivity index (χ1v) is 9.82. The highest BCUT2D eigenvalue weighted by Gasteiger charge is 2.27. The van der Waals surface area contributed by atoms with Crippen LogP contribution in [0.4, 0.5) is 11.5 Å². The van der Waals surface area contributed by atoms with Gasteiger partial charge in [0.05, 0.1) is 24.2 Å². The van der Waals surface area contributed by atoms with Crippen LogP contribution >= 0.6 is 0 Å². The van der Waals surface area contributed by atoms with Crippen molar-refractivity contribution in [3.8, 4) is 22.3 Å². The summed E-state index contributed by atoms with van der Waals surface area (Å²) in [5.41, 5.74) is 12.2. The fourth-order valence-corrected chi connectivity index (χ4v) is 3.74. The van der Waals surface area contributed by atoms with Crippen LogP contribution in [0.5, 0.6) is 0 Å². The summed E-state index contributed by atoms with van der Waals surface area (Å²) in [4.78, 5) is 19.2. The summed E-state index contributed by atoms with van der Waals surface area (Å²) < 4.78 is 7.19. The van der Waals surface area contributed by atoms with E-state index < -0.39 is 0 Å². The van der Waals surface area contributed by atoms with Gasteiger partial charge in [0.15, 0.2) is 0 Å². The second kappa shape index (κ2) is 8.53. The van der Waals surface area contributed by atoms with Crippen LogP contribution in [0.2, 0.25) is 0 Å². The lowest BCUT2D eigenvalue weighted by molar-refractivity contribution is -0.0979. The number of ether oxygens (including phenoxy) is 1. The van der Waals surface area contributed by atoms with Crippen molar-refractivity contribution in [1.82, 2.24) is 19.7 Å². The third kappa shape index (κ3) is 3.85. The van der Waals surface area contributed by atoms with Crippen LogP contribution in [0.25, 0.3) is 33.2 Å². The maximum atomic E-state index is 8.00. The first-order valence-electron chi connectivity index (χ1n) is 9.82. The topological polar surface area (TPSA) is 99.2 Å². The van der Waals surface area contributed by atoms with Gasteiger partial charge in [-0.1, -0.05) is 24.3 Å². The second-order valence-corrected chi connectivity index (χ2v) is 7.39. The van der Waals surface area contributed by atoms with Crippen LogP contribution in [-0.2, 0) is 16.6 Å². The number of aryl methyl sites for hydroxylation is 1. The van der Waals surface area contributed by atoms with Gasteiger partial charge in [-0.15, -0.1) is 0 Å². The van der Waals surface area contributed by atoms with Gasteiger partial charge in [-0.3, -0.25) is 9.67 Å². The monoisotopic (exact) mass is 416 g/mol. The van der Waals surface area contributed by atoms with Crippen LogP contribution in [0.15, 0.2) is 55.1 Å². The number of fused-ring (bicyclic) bond motifs is 1. The smallest absolute Gasteiger partial charge is 0.149 e. The molecule has 2 N–H and O–H groups in total. The molecule has 5 rings (SSSR count). The van der Waals surface area contributed by atoms with Crippen LogP contribution in [0.3, 0.4) is 0 Å². The summed E-state index contributed by atoms with van der Waals surface area (Å²) in [6, 6.07) is 10.6. The number of pyridine rings is 2. The predicted molar refractivity (Wildman–Crippen MR) is 122 cm³/mol. The molecular formula is C23H24N6O2. The molecule has 1 saturated heterocycles. The van der Waals surface area contributed by atoms with E-state index in [1.54, 1.807) is 11.8 Å². The highest BCUT2D eigenvalue weighted by molar-refractivity contribution is 6.00. The first kappa shape index (κ1) is 20.5. The van der Waals surface area contributed by atoms with Gasteiger partial charge < -0.3 is 20.2 Å². The van der Waals surface area contributed by atoms with Crippen molar-refractivity contribution in [2.45, 2.75) is 6.10 Å². The molecular weight excluding hydrogens is 392 g/mol. The fourth-order valence-electron chi connectivity index (χ4n) is 3.74. The van der Waals surface area contributed by atoms with E-state index in [4.69, 9.17) is 15.3 Å². The van der Waals surface area contributed by atoms with E-state index in [-0.39, 0.29) is 6.10 Å². The van der Waals surface area contributed by atoms with Crippen LogP contribution < -0.4 is 10.6 Å². The van der Waals surface area contributed by atoms with Crippen molar-refractivity contribution in [3.05, 3.63) is 55.1 Å². The molecule has 0 saturated carbocycles. The lowest BCUT2D eigenvalue weighted by atomic mass is 9.99. The van der Waals surface area contributed by atoms with Crippen LogP contribution in [0.1, 0.15) is 0 Å². The molecule has 4 heterocycles. The molecule has 1 aliphatic rings. The zero-order valence-corrected chi connectivity index (χ0v) is 17.5. The summed E-state index contributed by atoms with van der Waals surface area (Å²) in [7, 11) is 3.67. The Morgan fingerprint density at radius 3 is 2.39 bits per heavy atom. The second-order valence-electron chi connectivity index (χ2n) is 7.39. The summed E-state index contributed by atoms with van der Waals surface area (Å²) in [5, 5.41) is 5.25. The number of aromatic nitrogens is 4. The molecule has 0 radical (unpaired) electrons. The minimum absolute atomic E-state index is 0.285. The number of hydrogen-bond donors (Lipinski definition) is 1. The fraction of sp³-hybridized carbons (Fsp3) is 0.217. The Bertz CT molecular complexity index is 1200. The van der Waals surface area contributed by atoms with Crippen LogP contribution in [0, 0.1) is 0 Å². The lowest BCUT2D eigenvalue weighted by Crippen LogP contribution is -2.51. The molecule has 8 nitrogen and oxygen atoms in total. The number of nitrogens with zero attached hydrogens (tertiary/aromatic N) is 5. The lowest BCUT2D eigenvalue weighted by Gasteiger charge is -2.39. The maximum Gasteiger partial charge on any atom is 0.149 e. The Morgan fingerprint density at radius 1 is 1.03 bits per heavy atom. The van der Waals surface area contributed by atoms with Crippen molar-refractivity contribution in [1.29, 1.82) is 0 Å². The van der Waals surface area contributed by atoms with Crippen molar-refractivity contribution in [2.75, 3.05) is 30.8 Å². The van der Waals surface area contributed by atoms with E-state index in [2.05, 4.69) is 50.3 Å². The summed E-state index contributed by atoms with van der Waals surface area (Å²) >= 11 is 0. The van der Waals surface area contributed by atoms with E-state index in [0.29, 0.717) is 5.82 Å². The molecule has 3 aromatic heterocycles. The van der Waals surface area contributed by atoms with Gasteiger partial charge in [0, 0.05) is 56.2 Å². The average Bonchev–Trinajstić information content (AvgIpc) is 3.21. The van der Waals surface area contributed by atoms with Crippen molar-refractivity contribution >= 4 is 29.2 Å². The largest absolute Gasteiger partial charge is 0.382 e. The number of benzene rings is 1. The highest BCUT2D eigenvalue weighted by Crippen LogP contribution is 2.34. The van der Waals surface area contributed by atoms with Gasteiger partial charge in [-0.25, -0.2) is 4.98 Å². The molecule has 0 spiro atoms. The first-order chi connectivity index (χ1) is 15.1. The molecule has 0 atom stereocenters. The number of nitrogens with two attached hydrogens (primary N) is 1. The van der Waals surface area contributed by atoms with Gasteiger partial charge >= 0.3 is 0 Å². The average molecular weight is 416 g/mol. The zero-order valence-electron chi connectivity index (χ0n) is 17.5. The number of anilines is 2. The zero-order chi connectivity index (χ0) is 22.0. The predicted octanol–water partition coefficient (Wildman–Crippen LogP) is 2.93. The molecule has 31 heavy (non-hydrogen) atoms.